The number of fused-ring (bicyclic) bond motifs is 2. The molecule has 2 N–H and O–H groups in total. The number of amides is 1. The van der Waals surface area contributed by atoms with Crippen molar-refractivity contribution in [2.24, 2.45) is 0 Å². The Morgan fingerprint density at radius 1 is 1.24 bits per heavy atom. The van der Waals surface area contributed by atoms with Gasteiger partial charge in [-0.05, 0) is 36.4 Å². The van der Waals surface area contributed by atoms with Crippen LogP contribution in [0.5, 0.6) is 0 Å². The van der Waals surface area contributed by atoms with Crippen LogP contribution >= 0.6 is 0 Å². The number of alkyl carbamates (subject to hydrolysis) is 1. The van der Waals surface area contributed by atoms with Gasteiger partial charge in [-0.3, -0.25) is 10.1 Å². The molecule has 9 heteroatoms. The lowest BCUT2D eigenvalue weighted by Crippen LogP contribution is -2.58. The summed E-state index contributed by atoms with van der Waals surface area (Å²) in [5, 5.41) is 13.9. The lowest BCUT2D eigenvalue weighted by atomic mass is 9.73. The number of carbonyl (C=O) groups is 2. The van der Waals surface area contributed by atoms with Crippen molar-refractivity contribution in [2.45, 2.75) is 62.8 Å². The number of carbonyl (C=O) groups excluding carboxylic acids is 2. The number of aliphatic hydroxyl groups is 1. The smallest absolute Gasteiger partial charge is 0.411 e. The van der Waals surface area contributed by atoms with Gasteiger partial charge < -0.3 is 23.7 Å². The molecule has 8 nitrogen and oxygen atoms in total. The van der Waals surface area contributed by atoms with Crippen LogP contribution in [0.3, 0.4) is 0 Å². The number of ether oxygens (including phenoxy) is 3. The van der Waals surface area contributed by atoms with Gasteiger partial charge in [-0.15, -0.1) is 0 Å². The second-order valence-electron chi connectivity index (χ2n) is 8.21. The highest BCUT2D eigenvalue weighted by Crippen LogP contribution is 2.50. The van der Waals surface area contributed by atoms with Crippen molar-refractivity contribution in [3.63, 3.8) is 0 Å². The van der Waals surface area contributed by atoms with E-state index in [4.69, 9.17) is 18.6 Å². The first-order valence-corrected chi connectivity index (χ1v) is 14.0. The fourth-order valence-electron chi connectivity index (χ4n) is 4.67. The van der Waals surface area contributed by atoms with E-state index in [2.05, 4.69) is 49.8 Å². The molecule has 182 valence electrons. The number of nitrogens with one attached hydrogen (secondary N) is 1. The summed E-state index contributed by atoms with van der Waals surface area (Å²) in [5.74, 6) is 10.2. The maximum atomic E-state index is 12.3. The Bertz CT molecular complexity index is 1020. The third-order valence-electron chi connectivity index (χ3n) is 6.60. The van der Waals surface area contributed by atoms with Gasteiger partial charge in [-0.25, -0.2) is 4.79 Å². The van der Waals surface area contributed by atoms with Crippen molar-refractivity contribution in [3.8, 4) is 23.7 Å². The van der Waals surface area contributed by atoms with Gasteiger partial charge in [0.25, 0.3) is 0 Å². The zero-order chi connectivity index (χ0) is 24.8. The molecule has 1 aliphatic heterocycles. The predicted octanol–water partition coefficient (Wildman–Crippen LogP) is 2.57. The van der Waals surface area contributed by atoms with Gasteiger partial charge in [-0.2, -0.15) is 0 Å². The normalized spacial score (nSPS) is 27.3. The van der Waals surface area contributed by atoms with Crippen LogP contribution in [0.25, 0.3) is 0 Å². The van der Waals surface area contributed by atoms with Crippen LogP contribution in [-0.2, 0) is 23.4 Å². The topological polar surface area (TPSA) is 103 Å². The molecule has 34 heavy (non-hydrogen) atoms. The molecule has 1 heterocycles. The van der Waals surface area contributed by atoms with Crippen molar-refractivity contribution in [2.75, 3.05) is 20.3 Å². The summed E-state index contributed by atoms with van der Waals surface area (Å²) >= 11 is 0. The summed E-state index contributed by atoms with van der Waals surface area (Å²) in [5.41, 5.74) is -0.709. The number of rotatable bonds is 7. The predicted molar refractivity (Wildman–Crippen MR) is 128 cm³/mol. The van der Waals surface area contributed by atoms with Crippen LogP contribution in [0.1, 0.15) is 27.2 Å². The van der Waals surface area contributed by atoms with Crippen molar-refractivity contribution in [1.82, 2.24) is 5.32 Å². The minimum atomic E-state index is -2.33. The van der Waals surface area contributed by atoms with Gasteiger partial charge in [0, 0.05) is 11.1 Å². The number of hydrogen-bond acceptors (Lipinski definition) is 7. The standard InChI is InChI=1S/C25H31NO7Si/c1-5-34(6-2,7-3)33-24-14-11-9-8-10-12-20(28)21(19(24)13-15-27)22(26-23(29)30-4)25(18-24)31-16-17-32-25/h8-9,13,15,20,28H,5-7,16-18H2,1-4H3,(H,26,29)/b9-8-,19-13-/t20-,24-/m0/s1. The van der Waals surface area contributed by atoms with E-state index in [-0.39, 0.29) is 30.9 Å². The lowest BCUT2D eigenvalue weighted by Gasteiger charge is -2.49. The molecular weight excluding hydrogens is 454 g/mol. The molecule has 1 saturated heterocycles. The molecule has 0 aromatic carbocycles. The molecule has 1 fully saturated rings. The van der Waals surface area contributed by atoms with E-state index in [9.17, 15) is 14.7 Å². The van der Waals surface area contributed by atoms with Gasteiger partial charge in [0.1, 0.15) is 12.4 Å². The van der Waals surface area contributed by atoms with E-state index in [1.54, 1.807) is 6.08 Å². The van der Waals surface area contributed by atoms with E-state index < -0.39 is 31.9 Å². The van der Waals surface area contributed by atoms with Gasteiger partial charge in [0.2, 0.25) is 5.79 Å². The lowest BCUT2D eigenvalue weighted by molar-refractivity contribution is -0.159. The number of aliphatic hydroxyl groups excluding tert-OH is 1. The Hall–Kier alpha value is -2.66. The third-order valence-corrected chi connectivity index (χ3v) is 11.2. The van der Waals surface area contributed by atoms with Crippen molar-refractivity contribution in [1.29, 1.82) is 0 Å². The monoisotopic (exact) mass is 485 g/mol. The van der Waals surface area contributed by atoms with E-state index in [0.29, 0.717) is 11.9 Å². The molecule has 1 spiro atoms. The Morgan fingerprint density at radius 2 is 1.88 bits per heavy atom. The zero-order valence-corrected chi connectivity index (χ0v) is 21.0. The summed E-state index contributed by atoms with van der Waals surface area (Å²) in [6.07, 6.45) is 2.94. The molecule has 2 atom stereocenters. The highest BCUT2D eigenvalue weighted by Gasteiger charge is 2.59. The summed E-state index contributed by atoms with van der Waals surface area (Å²) in [4.78, 5) is 24.2. The summed E-state index contributed by atoms with van der Waals surface area (Å²) < 4.78 is 24.0. The molecular formula is C25H31NO7Si. The average molecular weight is 486 g/mol. The van der Waals surface area contributed by atoms with Crippen LogP contribution in [0.2, 0.25) is 18.1 Å². The van der Waals surface area contributed by atoms with Crippen LogP contribution in [0, 0.1) is 23.7 Å². The summed E-state index contributed by atoms with van der Waals surface area (Å²) in [7, 11) is -1.10. The highest BCUT2D eigenvalue weighted by molar-refractivity contribution is 6.73. The largest absolute Gasteiger partial charge is 0.453 e. The maximum Gasteiger partial charge on any atom is 0.411 e. The Balaban J connectivity index is 2.40. The van der Waals surface area contributed by atoms with E-state index in [1.165, 1.54) is 19.3 Å². The van der Waals surface area contributed by atoms with Gasteiger partial charge >= 0.3 is 6.09 Å². The second-order valence-corrected chi connectivity index (χ2v) is 12.9. The van der Waals surface area contributed by atoms with Gasteiger partial charge in [0.05, 0.1) is 32.4 Å². The number of allylic oxidation sites excluding steroid dienone is 3. The molecule has 0 aromatic heterocycles. The SMILES string of the molecule is CC[Si](CC)(CC)O[C@@]12C#C/C=C\C#C[C@H](O)C(=C(NC(=O)OC)C3(C1)OCCO3)/C2=C/C=O. The summed E-state index contributed by atoms with van der Waals surface area (Å²) in [6, 6.07) is 2.49. The molecule has 2 aliphatic carbocycles. The van der Waals surface area contributed by atoms with Crippen LogP contribution in [0.4, 0.5) is 4.79 Å². The second kappa shape index (κ2) is 10.7. The first-order valence-electron chi connectivity index (χ1n) is 11.5. The molecule has 0 aromatic rings. The molecule has 2 bridgehead atoms. The zero-order valence-electron chi connectivity index (χ0n) is 20.0. The molecule has 0 saturated carbocycles. The van der Waals surface area contributed by atoms with Crippen LogP contribution < -0.4 is 5.32 Å². The van der Waals surface area contributed by atoms with Crippen molar-refractivity contribution >= 4 is 20.7 Å². The first kappa shape index (κ1) is 26.0. The molecule has 3 aliphatic rings. The van der Waals surface area contributed by atoms with Crippen molar-refractivity contribution < 1.29 is 33.3 Å². The third kappa shape index (κ3) is 4.76. The fourth-order valence-corrected chi connectivity index (χ4v) is 7.57. The average Bonchev–Trinajstić information content (AvgIpc) is 3.31. The number of methoxy groups -OCH3 is 1. The van der Waals surface area contributed by atoms with Crippen molar-refractivity contribution in [3.05, 3.63) is 35.1 Å². The van der Waals surface area contributed by atoms with E-state index in [1.807, 2.05) is 0 Å². The number of hydrogen-bond donors (Lipinski definition) is 2. The maximum absolute atomic E-state index is 12.3. The number of aldehydes is 1. The molecule has 3 rings (SSSR count). The molecule has 1 amide bonds. The minimum Gasteiger partial charge on any atom is -0.453 e. The summed E-state index contributed by atoms with van der Waals surface area (Å²) in [6.45, 7) is 6.80. The highest BCUT2D eigenvalue weighted by atomic mass is 28.4. The Kier molecular flexibility index (Phi) is 8.19. The van der Waals surface area contributed by atoms with E-state index >= 15 is 0 Å². The quantitative estimate of drug-likeness (QED) is 0.247. The molecule has 0 radical (unpaired) electrons. The Morgan fingerprint density at radius 3 is 2.47 bits per heavy atom. The minimum absolute atomic E-state index is 0.0538. The fraction of sp³-hybridized carbons (Fsp3) is 0.520. The first-order chi connectivity index (χ1) is 16.3. The Labute approximate surface area is 201 Å². The van der Waals surface area contributed by atoms with Crippen LogP contribution in [0.15, 0.2) is 35.1 Å². The molecule has 0 unspecified atom stereocenters. The van der Waals surface area contributed by atoms with Gasteiger partial charge in [-0.1, -0.05) is 44.5 Å². The van der Waals surface area contributed by atoms with Crippen LogP contribution in [-0.4, -0.2) is 63.6 Å². The van der Waals surface area contributed by atoms with E-state index in [0.717, 1.165) is 18.1 Å². The van der Waals surface area contributed by atoms with Gasteiger partial charge in [0.15, 0.2) is 13.9 Å².